The van der Waals surface area contributed by atoms with Gasteiger partial charge < -0.3 is 10.7 Å². The summed E-state index contributed by atoms with van der Waals surface area (Å²) in [6.07, 6.45) is 0.648. The van der Waals surface area contributed by atoms with E-state index in [1.807, 2.05) is 0 Å². The molecule has 0 radical (unpaired) electrons. The van der Waals surface area contributed by atoms with E-state index in [-0.39, 0.29) is 5.56 Å². The number of anilines is 1. The molecule has 6 nitrogen and oxygen atoms in total. The van der Waals surface area contributed by atoms with E-state index in [0.717, 1.165) is 0 Å². The monoisotopic (exact) mass is 239 g/mol. The molecule has 0 fully saturated rings. The molecule has 0 amide bonds. The van der Waals surface area contributed by atoms with Gasteiger partial charge in [-0.1, -0.05) is 20.8 Å². The van der Waals surface area contributed by atoms with Crippen LogP contribution in [0.5, 0.6) is 0 Å². The first-order chi connectivity index (χ1) is 8.01. The van der Waals surface area contributed by atoms with Gasteiger partial charge in [0.25, 0.3) is 5.56 Å². The lowest BCUT2D eigenvalue weighted by molar-refractivity contribution is 0.409. The van der Waals surface area contributed by atoms with Crippen LogP contribution in [0.25, 0.3) is 0 Å². The number of aromatic nitrogens is 3. The molecule has 0 saturated carbocycles. The van der Waals surface area contributed by atoms with Crippen molar-refractivity contribution in [3.8, 4) is 0 Å². The molecule has 0 aliphatic heterocycles. The van der Waals surface area contributed by atoms with E-state index in [2.05, 4.69) is 41.7 Å². The Labute approximate surface area is 101 Å². The van der Waals surface area contributed by atoms with Gasteiger partial charge >= 0.3 is 0 Å². The fourth-order valence-corrected chi connectivity index (χ4v) is 1.46. The first kappa shape index (κ1) is 13.5. The van der Waals surface area contributed by atoms with Crippen LogP contribution in [0.4, 0.5) is 5.95 Å². The second kappa shape index (κ2) is 5.65. The molecule has 1 heterocycles. The van der Waals surface area contributed by atoms with Gasteiger partial charge in [0.1, 0.15) is 5.69 Å². The lowest BCUT2D eigenvalue weighted by Gasteiger charge is -2.15. The van der Waals surface area contributed by atoms with E-state index in [4.69, 9.17) is 0 Å². The Balaban J connectivity index is 3.07. The molecule has 0 aliphatic carbocycles. The number of hydrogen-bond acceptors (Lipinski definition) is 5. The van der Waals surface area contributed by atoms with Crippen molar-refractivity contribution < 1.29 is 0 Å². The molecule has 17 heavy (non-hydrogen) atoms. The minimum Gasteiger partial charge on any atom is -0.356 e. The van der Waals surface area contributed by atoms with Crippen molar-refractivity contribution in [1.82, 2.24) is 14.9 Å². The van der Waals surface area contributed by atoms with E-state index in [1.165, 1.54) is 4.68 Å². The van der Waals surface area contributed by atoms with E-state index in [0.29, 0.717) is 29.9 Å². The largest absolute Gasteiger partial charge is 0.356 e. The molecule has 1 aromatic heterocycles. The van der Waals surface area contributed by atoms with Gasteiger partial charge in [0, 0.05) is 14.1 Å². The van der Waals surface area contributed by atoms with Crippen LogP contribution in [0.2, 0.25) is 0 Å². The molecule has 1 rings (SSSR count). The third-order valence-electron chi connectivity index (χ3n) is 3.03. The first-order valence-electron chi connectivity index (χ1n) is 5.85. The second-order valence-corrected chi connectivity index (χ2v) is 4.51. The highest BCUT2D eigenvalue weighted by atomic mass is 16.1. The van der Waals surface area contributed by atoms with Gasteiger partial charge in [0.2, 0.25) is 5.95 Å². The average molecular weight is 239 g/mol. The summed E-state index contributed by atoms with van der Waals surface area (Å²) in [5.41, 5.74) is 3.16. The smallest absolute Gasteiger partial charge is 0.295 e. The van der Waals surface area contributed by atoms with Crippen molar-refractivity contribution >= 4 is 5.95 Å². The zero-order valence-corrected chi connectivity index (χ0v) is 11.1. The highest BCUT2D eigenvalue weighted by Gasteiger charge is 2.15. The summed E-state index contributed by atoms with van der Waals surface area (Å²) in [5, 5.41) is 10.8. The predicted molar refractivity (Wildman–Crippen MR) is 68.8 cm³/mol. The van der Waals surface area contributed by atoms with Crippen molar-refractivity contribution in [2.45, 2.75) is 27.2 Å². The molecule has 2 N–H and O–H groups in total. The minimum atomic E-state index is -0.139. The molecular weight excluding hydrogens is 218 g/mol. The van der Waals surface area contributed by atoms with Crippen molar-refractivity contribution in [3.05, 3.63) is 16.0 Å². The fraction of sp³-hybridized carbons (Fsp3) is 0.727. The van der Waals surface area contributed by atoms with Crippen molar-refractivity contribution in [2.75, 3.05) is 24.8 Å². The van der Waals surface area contributed by atoms with Gasteiger partial charge in [-0.05, 0) is 18.3 Å². The second-order valence-electron chi connectivity index (χ2n) is 4.51. The normalized spacial score (nSPS) is 12.6. The number of nitrogens with one attached hydrogen (secondary N) is 2. The summed E-state index contributed by atoms with van der Waals surface area (Å²) in [5.74, 6) is 1.34. The lowest BCUT2D eigenvalue weighted by Crippen LogP contribution is -2.34. The standard InChI is InChI=1S/C11H21N5O/c1-7(2)8(3)6-9-10(17)16(13-5)11(12-4)15-14-9/h7-8,13H,6H2,1-5H3,(H,12,15). The Morgan fingerprint density at radius 3 is 2.35 bits per heavy atom. The molecule has 0 spiro atoms. The van der Waals surface area contributed by atoms with Crippen LogP contribution < -0.4 is 16.3 Å². The minimum absolute atomic E-state index is 0.139. The van der Waals surface area contributed by atoms with E-state index < -0.39 is 0 Å². The summed E-state index contributed by atoms with van der Waals surface area (Å²) in [6, 6.07) is 0. The number of hydrogen-bond donors (Lipinski definition) is 2. The number of rotatable bonds is 5. The molecule has 0 saturated heterocycles. The van der Waals surface area contributed by atoms with Crippen LogP contribution in [-0.4, -0.2) is 29.0 Å². The van der Waals surface area contributed by atoms with Gasteiger partial charge in [-0.2, -0.15) is 4.68 Å². The summed E-state index contributed by atoms with van der Waals surface area (Å²) in [4.78, 5) is 12.1. The maximum Gasteiger partial charge on any atom is 0.295 e. The zero-order valence-electron chi connectivity index (χ0n) is 11.1. The van der Waals surface area contributed by atoms with E-state index >= 15 is 0 Å². The summed E-state index contributed by atoms with van der Waals surface area (Å²) < 4.78 is 1.37. The number of nitrogens with zero attached hydrogens (tertiary/aromatic N) is 3. The van der Waals surface area contributed by atoms with Crippen LogP contribution in [0.1, 0.15) is 26.5 Å². The fourth-order valence-electron chi connectivity index (χ4n) is 1.46. The Hall–Kier alpha value is -1.59. The Morgan fingerprint density at radius 1 is 1.24 bits per heavy atom. The molecule has 96 valence electrons. The van der Waals surface area contributed by atoms with Gasteiger partial charge in [-0.15, -0.1) is 10.2 Å². The van der Waals surface area contributed by atoms with E-state index in [9.17, 15) is 4.79 Å². The molecule has 0 bridgehead atoms. The molecule has 1 unspecified atom stereocenters. The van der Waals surface area contributed by atoms with Crippen LogP contribution in [0, 0.1) is 11.8 Å². The predicted octanol–water partition coefficient (Wildman–Crippen LogP) is 0.688. The van der Waals surface area contributed by atoms with Crippen molar-refractivity contribution in [2.24, 2.45) is 11.8 Å². The van der Waals surface area contributed by atoms with Crippen LogP contribution in [0.15, 0.2) is 4.79 Å². The van der Waals surface area contributed by atoms with Crippen molar-refractivity contribution in [3.63, 3.8) is 0 Å². The quantitative estimate of drug-likeness (QED) is 0.791. The van der Waals surface area contributed by atoms with Gasteiger partial charge in [0.05, 0.1) is 0 Å². The van der Waals surface area contributed by atoms with Crippen molar-refractivity contribution in [1.29, 1.82) is 0 Å². The third kappa shape index (κ3) is 2.95. The van der Waals surface area contributed by atoms with Gasteiger partial charge in [-0.25, -0.2) is 0 Å². The Morgan fingerprint density at radius 2 is 1.88 bits per heavy atom. The highest BCUT2D eigenvalue weighted by molar-refractivity contribution is 5.24. The van der Waals surface area contributed by atoms with Crippen LogP contribution in [-0.2, 0) is 6.42 Å². The maximum atomic E-state index is 12.1. The first-order valence-corrected chi connectivity index (χ1v) is 5.85. The van der Waals surface area contributed by atoms with Crippen LogP contribution in [0.3, 0.4) is 0 Å². The molecule has 0 aliphatic rings. The summed E-state index contributed by atoms with van der Waals surface area (Å²) >= 11 is 0. The maximum absolute atomic E-state index is 12.1. The average Bonchev–Trinajstić information content (AvgIpc) is 2.31. The Bertz CT molecular complexity index is 426. The molecule has 1 aromatic rings. The summed E-state index contributed by atoms with van der Waals surface area (Å²) in [7, 11) is 3.38. The molecule has 0 aromatic carbocycles. The molecular formula is C11H21N5O. The van der Waals surface area contributed by atoms with Crippen LogP contribution >= 0.6 is 0 Å². The summed E-state index contributed by atoms with van der Waals surface area (Å²) in [6.45, 7) is 6.38. The molecule has 1 atom stereocenters. The highest BCUT2D eigenvalue weighted by Crippen LogP contribution is 2.13. The molecule has 6 heteroatoms. The third-order valence-corrected chi connectivity index (χ3v) is 3.03. The Kier molecular flexibility index (Phi) is 4.48. The van der Waals surface area contributed by atoms with Gasteiger partial charge in [-0.3, -0.25) is 4.79 Å². The lowest BCUT2D eigenvalue weighted by atomic mass is 9.93. The SMILES string of the molecule is CNc1nnc(CC(C)C(C)C)c(=O)n1NC. The zero-order chi connectivity index (χ0) is 13.0. The van der Waals surface area contributed by atoms with Gasteiger partial charge in [0.15, 0.2) is 0 Å². The van der Waals surface area contributed by atoms with E-state index in [1.54, 1.807) is 14.1 Å². The topological polar surface area (TPSA) is 71.8 Å².